The molecule has 0 aromatic rings. The van der Waals surface area contributed by atoms with E-state index >= 15 is 0 Å². The van der Waals surface area contributed by atoms with Crippen LogP contribution >= 0.6 is 0 Å². The molecule has 94 valence electrons. The van der Waals surface area contributed by atoms with Gasteiger partial charge in [0.1, 0.15) is 0 Å². The highest BCUT2D eigenvalue weighted by Crippen LogP contribution is 2.26. The molecule has 2 nitrogen and oxygen atoms in total. The van der Waals surface area contributed by atoms with Gasteiger partial charge in [-0.25, -0.2) is 0 Å². The molecule has 1 unspecified atom stereocenters. The van der Waals surface area contributed by atoms with Crippen LogP contribution in [0, 0.1) is 11.8 Å². The van der Waals surface area contributed by atoms with E-state index in [9.17, 15) is 0 Å². The predicted molar refractivity (Wildman–Crippen MR) is 67.6 cm³/mol. The Bertz CT molecular complexity index is 183. The molecule has 2 rings (SSSR count). The Kier molecular flexibility index (Phi) is 5.11. The normalized spacial score (nSPS) is 26.8. The molecule has 0 aromatic carbocycles. The van der Waals surface area contributed by atoms with Crippen LogP contribution in [-0.4, -0.2) is 25.8 Å². The Morgan fingerprint density at radius 2 is 1.75 bits per heavy atom. The van der Waals surface area contributed by atoms with Crippen molar-refractivity contribution in [3.05, 3.63) is 0 Å². The molecule has 1 saturated carbocycles. The van der Waals surface area contributed by atoms with Crippen molar-refractivity contribution in [1.82, 2.24) is 5.32 Å². The van der Waals surface area contributed by atoms with Crippen molar-refractivity contribution in [2.24, 2.45) is 11.8 Å². The van der Waals surface area contributed by atoms with E-state index in [-0.39, 0.29) is 0 Å². The molecule has 1 aliphatic carbocycles. The topological polar surface area (TPSA) is 21.3 Å². The summed E-state index contributed by atoms with van der Waals surface area (Å²) in [7, 11) is 0. The van der Waals surface area contributed by atoms with Gasteiger partial charge in [0.25, 0.3) is 0 Å². The molecule has 1 saturated heterocycles. The molecule has 1 aliphatic heterocycles. The van der Waals surface area contributed by atoms with Crippen molar-refractivity contribution in [1.29, 1.82) is 0 Å². The first-order chi connectivity index (χ1) is 7.86. The summed E-state index contributed by atoms with van der Waals surface area (Å²) in [6, 6.07) is 0.725. The van der Waals surface area contributed by atoms with Crippen LogP contribution in [0.3, 0.4) is 0 Å². The van der Waals surface area contributed by atoms with E-state index in [1.807, 2.05) is 0 Å². The summed E-state index contributed by atoms with van der Waals surface area (Å²) in [5.74, 6) is 1.80. The molecule has 0 radical (unpaired) electrons. The average Bonchev–Trinajstić information content (AvgIpc) is 2.38. The first kappa shape index (κ1) is 12.4. The van der Waals surface area contributed by atoms with Gasteiger partial charge < -0.3 is 10.1 Å². The Hall–Kier alpha value is -0.0800. The number of hydrogen-bond acceptors (Lipinski definition) is 2. The smallest absolute Gasteiger partial charge is 0.0469 e. The molecule has 2 fully saturated rings. The summed E-state index contributed by atoms with van der Waals surface area (Å²) in [6.45, 7) is 5.55. The quantitative estimate of drug-likeness (QED) is 0.794. The first-order valence-electron chi connectivity index (χ1n) is 7.17. The van der Waals surface area contributed by atoms with Gasteiger partial charge in [-0.1, -0.05) is 19.3 Å². The summed E-state index contributed by atoms with van der Waals surface area (Å²) >= 11 is 0. The van der Waals surface area contributed by atoms with Crippen LogP contribution in [0.1, 0.15) is 51.9 Å². The van der Waals surface area contributed by atoms with Crippen LogP contribution in [0.5, 0.6) is 0 Å². The highest BCUT2D eigenvalue weighted by molar-refractivity contribution is 4.77. The molecule has 0 amide bonds. The monoisotopic (exact) mass is 225 g/mol. The van der Waals surface area contributed by atoms with Gasteiger partial charge in [-0.3, -0.25) is 0 Å². The zero-order chi connectivity index (χ0) is 11.2. The number of hydrogen-bond donors (Lipinski definition) is 1. The van der Waals surface area contributed by atoms with E-state index in [4.69, 9.17) is 4.74 Å². The SMILES string of the molecule is CC(NCC1CCOCC1)C1CCCCC1. The molecule has 0 spiro atoms. The van der Waals surface area contributed by atoms with Crippen molar-refractivity contribution in [2.45, 2.75) is 57.9 Å². The van der Waals surface area contributed by atoms with Gasteiger partial charge in [-0.15, -0.1) is 0 Å². The minimum absolute atomic E-state index is 0.725. The highest BCUT2D eigenvalue weighted by Gasteiger charge is 2.21. The molecule has 1 heterocycles. The maximum absolute atomic E-state index is 5.40. The van der Waals surface area contributed by atoms with Gasteiger partial charge in [-0.05, 0) is 51.0 Å². The van der Waals surface area contributed by atoms with E-state index < -0.39 is 0 Å². The van der Waals surface area contributed by atoms with Crippen LogP contribution in [0.25, 0.3) is 0 Å². The predicted octanol–water partition coefficient (Wildman–Crippen LogP) is 2.97. The van der Waals surface area contributed by atoms with E-state index in [0.717, 1.165) is 31.1 Å². The molecule has 2 aliphatic rings. The molecular formula is C14H27NO. The van der Waals surface area contributed by atoms with Crippen molar-refractivity contribution >= 4 is 0 Å². The fourth-order valence-electron chi connectivity index (χ4n) is 3.10. The lowest BCUT2D eigenvalue weighted by Crippen LogP contribution is -2.38. The van der Waals surface area contributed by atoms with Crippen molar-refractivity contribution in [2.75, 3.05) is 19.8 Å². The van der Waals surface area contributed by atoms with Gasteiger partial charge in [0, 0.05) is 19.3 Å². The molecule has 0 aromatic heterocycles. The lowest BCUT2D eigenvalue weighted by Gasteiger charge is -2.30. The molecule has 2 heteroatoms. The standard InChI is InChI=1S/C14H27NO/c1-12(14-5-3-2-4-6-14)15-11-13-7-9-16-10-8-13/h12-15H,2-11H2,1H3. The van der Waals surface area contributed by atoms with Gasteiger partial charge in [0.15, 0.2) is 0 Å². The van der Waals surface area contributed by atoms with Crippen LogP contribution in [0.2, 0.25) is 0 Å². The summed E-state index contributed by atoms with van der Waals surface area (Å²) in [5.41, 5.74) is 0. The van der Waals surface area contributed by atoms with E-state index in [1.54, 1.807) is 0 Å². The minimum Gasteiger partial charge on any atom is -0.381 e. The second-order valence-corrected chi connectivity index (χ2v) is 5.65. The third kappa shape index (κ3) is 3.74. The third-order valence-electron chi connectivity index (χ3n) is 4.43. The second kappa shape index (κ2) is 6.61. The largest absolute Gasteiger partial charge is 0.381 e. The van der Waals surface area contributed by atoms with E-state index in [2.05, 4.69) is 12.2 Å². The maximum atomic E-state index is 5.40. The fraction of sp³-hybridized carbons (Fsp3) is 1.00. The molecular weight excluding hydrogens is 198 g/mol. The van der Waals surface area contributed by atoms with Gasteiger partial charge in [-0.2, -0.15) is 0 Å². The van der Waals surface area contributed by atoms with Crippen LogP contribution in [-0.2, 0) is 4.74 Å². The summed E-state index contributed by atoms with van der Waals surface area (Å²) < 4.78 is 5.40. The Balaban J connectivity index is 1.63. The lowest BCUT2D eigenvalue weighted by atomic mass is 9.84. The maximum Gasteiger partial charge on any atom is 0.0469 e. The van der Waals surface area contributed by atoms with Gasteiger partial charge in [0.05, 0.1) is 0 Å². The Morgan fingerprint density at radius 1 is 1.06 bits per heavy atom. The lowest BCUT2D eigenvalue weighted by molar-refractivity contribution is 0.0646. The number of rotatable bonds is 4. The van der Waals surface area contributed by atoms with E-state index in [0.29, 0.717) is 0 Å². The fourth-order valence-corrected chi connectivity index (χ4v) is 3.10. The highest BCUT2D eigenvalue weighted by atomic mass is 16.5. The molecule has 16 heavy (non-hydrogen) atoms. The molecule has 1 atom stereocenters. The number of nitrogens with one attached hydrogen (secondary N) is 1. The van der Waals surface area contributed by atoms with Gasteiger partial charge in [0.2, 0.25) is 0 Å². The zero-order valence-electron chi connectivity index (χ0n) is 10.7. The second-order valence-electron chi connectivity index (χ2n) is 5.65. The Morgan fingerprint density at radius 3 is 2.44 bits per heavy atom. The van der Waals surface area contributed by atoms with Crippen LogP contribution in [0.15, 0.2) is 0 Å². The third-order valence-corrected chi connectivity index (χ3v) is 4.43. The average molecular weight is 225 g/mol. The van der Waals surface area contributed by atoms with Crippen LogP contribution in [0.4, 0.5) is 0 Å². The minimum atomic E-state index is 0.725. The van der Waals surface area contributed by atoms with Crippen LogP contribution < -0.4 is 5.32 Å². The summed E-state index contributed by atoms with van der Waals surface area (Å²) in [4.78, 5) is 0. The van der Waals surface area contributed by atoms with Crippen molar-refractivity contribution in [3.63, 3.8) is 0 Å². The van der Waals surface area contributed by atoms with E-state index in [1.165, 1.54) is 51.5 Å². The van der Waals surface area contributed by atoms with Crippen molar-refractivity contribution in [3.8, 4) is 0 Å². The Labute approximate surface area is 100 Å². The zero-order valence-corrected chi connectivity index (χ0v) is 10.7. The number of ether oxygens (including phenoxy) is 1. The molecule has 1 N–H and O–H groups in total. The summed E-state index contributed by atoms with van der Waals surface area (Å²) in [6.07, 6.45) is 9.77. The first-order valence-corrected chi connectivity index (χ1v) is 7.17. The summed E-state index contributed by atoms with van der Waals surface area (Å²) in [5, 5.41) is 3.77. The van der Waals surface area contributed by atoms with Gasteiger partial charge >= 0.3 is 0 Å². The van der Waals surface area contributed by atoms with Crippen molar-refractivity contribution < 1.29 is 4.74 Å². The molecule has 0 bridgehead atoms.